The van der Waals surface area contributed by atoms with Crippen molar-refractivity contribution in [2.24, 2.45) is 5.73 Å². The molecule has 13 heteroatoms. The molecule has 12 nitrogen and oxygen atoms in total. The van der Waals surface area contributed by atoms with Crippen LogP contribution in [0.3, 0.4) is 0 Å². The Morgan fingerprint density at radius 1 is 1.08 bits per heavy atom. The van der Waals surface area contributed by atoms with Gasteiger partial charge in [0.25, 0.3) is 5.91 Å². The average molecular weight is 665 g/mol. The van der Waals surface area contributed by atoms with Gasteiger partial charge < -0.3 is 35.8 Å². The predicted octanol–water partition coefficient (Wildman–Crippen LogP) is 4.26. The zero-order chi connectivity index (χ0) is 33.8. The topological polar surface area (TPSA) is 146 Å². The zero-order valence-electron chi connectivity index (χ0n) is 28.1. The Morgan fingerprint density at radius 3 is 2.48 bits per heavy atom. The standard InChI is InChI=1S/C35H49FN8O4/c1-3-29-33(46)42(2)30-21-38-35(41-31(30)44(29)24-8-4-5-9-24)40-28-13-12-22(20-26(28)36)32(45)39-23-14-17-43(18-15-23)19-16-27(37)34(47)48-25-10-6-7-11-25/h12-13,20-21,23-25,27,29H,3-11,14-19,37H2,1-2H3,(H,39,45)(H,38,40,41)/t27-,29+/m0/s1. The van der Waals surface area contributed by atoms with Gasteiger partial charge in [-0.05, 0) is 82.4 Å². The van der Waals surface area contributed by atoms with Gasteiger partial charge in [0.1, 0.15) is 29.7 Å². The number of piperidine rings is 1. The monoisotopic (exact) mass is 664 g/mol. The van der Waals surface area contributed by atoms with Crippen LogP contribution in [0.5, 0.6) is 0 Å². The van der Waals surface area contributed by atoms with E-state index in [0.717, 1.165) is 77.3 Å². The molecule has 2 aliphatic carbocycles. The van der Waals surface area contributed by atoms with Gasteiger partial charge in [-0.2, -0.15) is 4.98 Å². The molecular formula is C35H49FN8O4. The number of esters is 1. The maximum atomic E-state index is 15.3. The number of halogens is 1. The van der Waals surface area contributed by atoms with Gasteiger partial charge in [0.2, 0.25) is 11.9 Å². The number of ether oxygens (including phenoxy) is 1. The number of fused-ring (bicyclic) bond motifs is 1. The van der Waals surface area contributed by atoms with Crippen LogP contribution in [-0.4, -0.2) is 89.6 Å². The first-order valence-corrected chi connectivity index (χ1v) is 17.7. The van der Waals surface area contributed by atoms with Crippen LogP contribution in [0.1, 0.15) is 94.3 Å². The molecule has 3 heterocycles. The number of carbonyl (C=O) groups is 3. The van der Waals surface area contributed by atoms with Gasteiger partial charge in [0.05, 0.1) is 11.9 Å². The number of nitrogens with two attached hydrogens (primary N) is 1. The van der Waals surface area contributed by atoms with Crippen LogP contribution in [-0.2, 0) is 14.3 Å². The fraction of sp³-hybridized carbons (Fsp3) is 0.629. The van der Waals surface area contributed by atoms with Crippen LogP contribution in [0.4, 0.5) is 27.5 Å². The first-order valence-electron chi connectivity index (χ1n) is 17.7. The third-order valence-electron chi connectivity index (χ3n) is 10.5. The van der Waals surface area contributed by atoms with E-state index >= 15 is 4.39 Å². The second-order valence-corrected chi connectivity index (χ2v) is 13.7. The highest BCUT2D eigenvalue weighted by molar-refractivity contribution is 6.04. The van der Waals surface area contributed by atoms with E-state index in [2.05, 4.69) is 25.4 Å². The number of amides is 2. The number of likely N-dealkylation sites (N-methyl/N-ethyl adjacent to an activating group) is 1. The van der Waals surface area contributed by atoms with E-state index in [1.807, 2.05) is 6.92 Å². The Morgan fingerprint density at radius 2 is 1.79 bits per heavy atom. The molecule has 2 aromatic rings. The van der Waals surface area contributed by atoms with Crippen LogP contribution >= 0.6 is 0 Å². The average Bonchev–Trinajstić information content (AvgIpc) is 3.82. The van der Waals surface area contributed by atoms with Gasteiger partial charge in [-0.1, -0.05) is 19.8 Å². The molecule has 0 bridgehead atoms. The number of likely N-dealkylation sites (tertiary alicyclic amines) is 1. The summed E-state index contributed by atoms with van der Waals surface area (Å²) in [5, 5.41) is 6.03. The third kappa shape index (κ3) is 7.57. The van der Waals surface area contributed by atoms with Crippen molar-refractivity contribution >= 4 is 40.9 Å². The summed E-state index contributed by atoms with van der Waals surface area (Å²) in [6, 6.07) is 3.61. The molecule has 4 aliphatic rings. The quantitative estimate of drug-likeness (QED) is 0.298. The zero-order valence-corrected chi connectivity index (χ0v) is 28.1. The fourth-order valence-electron chi connectivity index (χ4n) is 7.59. The third-order valence-corrected chi connectivity index (χ3v) is 10.5. The first-order chi connectivity index (χ1) is 23.2. The lowest BCUT2D eigenvalue weighted by Gasteiger charge is -2.43. The van der Waals surface area contributed by atoms with Gasteiger partial charge in [-0.3, -0.25) is 14.4 Å². The second kappa shape index (κ2) is 15.1. The van der Waals surface area contributed by atoms with Gasteiger partial charge in [-0.25, -0.2) is 9.37 Å². The minimum Gasteiger partial charge on any atom is -0.461 e. The molecule has 48 heavy (non-hydrogen) atoms. The summed E-state index contributed by atoms with van der Waals surface area (Å²) in [6.45, 7) is 4.25. The van der Waals surface area contributed by atoms with Crippen LogP contribution in [0.15, 0.2) is 24.4 Å². The number of aromatic nitrogens is 2. The van der Waals surface area contributed by atoms with Crippen molar-refractivity contribution in [1.29, 1.82) is 0 Å². The van der Waals surface area contributed by atoms with Gasteiger partial charge in [0, 0.05) is 44.3 Å². The minimum absolute atomic E-state index is 0.0183. The smallest absolute Gasteiger partial charge is 0.323 e. The van der Waals surface area contributed by atoms with E-state index < -0.39 is 11.9 Å². The molecule has 1 saturated heterocycles. The summed E-state index contributed by atoms with van der Waals surface area (Å²) >= 11 is 0. The van der Waals surface area contributed by atoms with E-state index in [1.54, 1.807) is 24.2 Å². The fourth-order valence-corrected chi connectivity index (χ4v) is 7.59. The summed E-state index contributed by atoms with van der Waals surface area (Å²) in [6.07, 6.45) is 12.6. The highest BCUT2D eigenvalue weighted by Gasteiger charge is 2.41. The van der Waals surface area contributed by atoms with Gasteiger partial charge in [-0.15, -0.1) is 0 Å². The molecule has 2 amide bonds. The lowest BCUT2D eigenvalue weighted by atomic mass is 10.0. The molecule has 3 fully saturated rings. The lowest BCUT2D eigenvalue weighted by molar-refractivity contribution is -0.150. The molecule has 4 N–H and O–H groups in total. The molecule has 260 valence electrons. The Balaban J connectivity index is 1.02. The molecule has 6 rings (SSSR count). The normalized spacial score (nSPS) is 21.8. The van der Waals surface area contributed by atoms with E-state index in [4.69, 9.17) is 15.5 Å². The Labute approximate surface area is 282 Å². The number of nitrogens with zero attached hydrogens (tertiary/aromatic N) is 5. The number of carbonyl (C=O) groups excluding carboxylic acids is 3. The molecule has 2 saturated carbocycles. The number of benzene rings is 1. The van der Waals surface area contributed by atoms with Gasteiger partial charge >= 0.3 is 5.97 Å². The summed E-state index contributed by atoms with van der Waals surface area (Å²) < 4.78 is 20.9. The number of hydrogen-bond acceptors (Lipinski definition) is 10. The molecule has 0 spiro atoms. The van der Waals surface area contributed by atoms with Crippen molar-refractivity contribution in [3.8, 4) is 0 Å². The lowest BCUT2D eigenvalue weighted by Crippen LogP contribution is -2.55. The van der Waals surface area contributed by atoms with Crippen LogP contribution in [0, 0.1) is 5.82 Å². The van der Waals surface area contributed by atoms with Crippen molar-refractivity contribution in [2.45, 2.75) is 114 Å². The molecule has 1 aromatic carbocycles. The SMILES string of the molecule is CC[C@@H]1C(=O)N(C)c2cnc(Nc3ccc(C(=O)NC4CCN(CC[C@H](N)C(=O)OC5CCCC5)CC4)cc3F)nc2N1C1CCCC1. The number of nitrogens with one attached hydrogen (secondary N) is 2. The largest absolute Gasteiger partial charge is 0.461 e. The molecule has 0 radical (unpaired) electrons. The number of rotatable bonds is 11. The molecule has 2 atom stereocenters. The van der Waals surface area contributed by atoms with Crippen molar-refractivity contribution in [1.82, 2.24) is 20.2 Å². The highest BCUT2D eigenvalue weighted by Crippen LogP contribution is 2.40. The summed E-state index contributed by atoms with van der Waals surface area (Å²) in [5.41, 5.74) is 7.13. The number of anilines is 4. The van der Waals surface area contributed by atoms with E-state index in [9.17, 15) is 14.4 Å². The highest BCUT2D eigenvalue weighted by atomic mass is 19.1. The van der Waals surface area contributed by atoms with Crippen molar-refractivity contribution in [3.63, 3.8) is 0 Å². The van der Waals surface area contributed by atoms with E-state index in [0.29, 0.717) is 30.9 Å². The number of hydrogen-bond donors (Lipinski definition) is 3. The summed E-state index contributed by atoms with van der Waals surface area (Å²) in [5.74, 6) is -0.289. The molecular weight excluding hydrogens is 615 g/mol. The maximum Gasteiger partial charge on any atom is 0.323 e. The Hall–Kier alpha value is -3.84. The van der Waals surface area contributed by atoms with Crippen molar-refractivity contribution in [3.05, 3.63) is 35.8 Å². The van der Waals surface area contributed by atoms with Crippen LogP contribution < -0.4 is 26.2 Å². The van der Waals surface area contributed by atoms with Crippen LogP contribution in [0.2, 0.25) is 0 Å². The summed E-state index contributed by atoms with van der Waals surface area (Å²) in [7, 11) is 1.74. The molecule has 1 aromatic heterocycles. The van der Waals surface area contributed by atoms with E-state index in [1.165, 1.54) is 12.1 Å². The molecule has 0 unspecified atom stereocenters. The molecule has 2 aliphatic heterocycles. The second-order valence-electron chi connectivity index (χ2n) is 13.7. The maximum absolute atomic E-state index is 15.3. The van der Waals surface area contributed by atoms with Gasteiger partial charge in [0.15, 0.2) is 5.82 Å². The Kier molecular flexibility index (Phi) is 10.7. The van der Waals surface area contributed by atoms with Crippen molar-refractivity contribution in [2.75, 3.05) is 41.8 Å². The first kappa shape index (κ1) is 34.0. The van der Waals surface area contributed by atoms with Crippen LogP contribution in [0.25, 0.3) is 0 Å². The summed E-state index contributed by atoms with van der Waals surface area (Å²) in [4.78, 5) is 53.7. The minimum atomic E-state index is -0.624. The Bertz CT molecular complexity index is 1470. The predicted molar refractivity (Wildman–Crippen MR) is 182 cm³/mol. The van der Waals surface area contributed by atoms with E-state index in [-0.39, 0.29) is 59.2 Å². The van der Waals surface area contributed by atoms with Crippen molar-refractivity contribution < 1.29 is 23.5 Å².